The number of hydrogen-bond donors (Lipinski definition) is 1. The fraction of sp³-hybridized carbons (Fsp3) is 0.429. The molecule has 1 N–H and O–H groups in total. The second-order valence-corrected chi connectivity index (χ2v) is 7.45. The summed E-state index contributed by atoms with van der Waals surface area (Å²) in [6.45, 7) is 5.65. The first kappa shape index (κ1) is 18.5. The van der Waals surface area contributed by atoms with Crippen LogP contribution in [0, 0.1) is 12.8 Å². The average Bonchev–Trinajstić information content (AvgIpc) is 2.96. The van der Waals surface area contributed by atoms with Gasteiger partial charge in [0, 0.05) is 44.3 Å². The highest BCUT2D eigenvalue weighted by Crippen LogP contribution is 2.21. The van der Waals surface area contributed by atoms with Gasteiger partial charge in [0.25, 0.3) is 5.91 Å². The Bertz CT molecular complexity index is 732. The van der Waals surface area contributed by atoms with E-state index in [2.05, 4.69) is 58.5 Å². The van der Waals surface area contributed by atoms with E-state index in [1.165, 1.54) is 5.56 Å². The Balaban J connectivity index is 1.69. The summed E-state index contributed by atoms with van der Waals surface area (Å²) >= 11 is 0. The Morgan fingerprint density at radius 2 is 1.96 bits per heavy atom. The Morgan fingerprint density at radius 1 is 1.19 bits per heavy atom. The fourth-order valence-corrected chi connectivity index (χ4v) is 3.71. The van der Waals surface area contributed by atoms with Gasteiger partial charge in [0.05, 0.1) is 0 Å². The van der Waals surface area contributed by atoms with E-state index in [9.17, 15) is 4.79 Å². The van der Waals surface area contributed by atoms with Gasteiger partial charge in [0.2, 0.25) is 0 Å². The van der Waals surface area contributed by atoms with Gasteiger partial charge < -0.3 is 10.2 Å². The molecule has 5 nitrogen and oxygen atoms in total. The van der Waals surface area contributed by atoms with E-state index in [4.69, 9.17) is 0 Å². The highest BCUT2D eigenvalue weighted by atomic mass is 16.2. The lowest BCUT2D eigenvalue weighted by Gasteiger charge is -2.23. The van der Waals surface area contributed by atoms with Crippen molar-refractivity contribution in [1.29, 1.82) is 0 Å². The first-order valence-corrected chi connectivity index (χ1v) is 9.16. The van der Waals surface area contributed by atoms with Crippen LogP contribution in [-0.4, -0.2) is 60.5 Å². The number of carbonyl (C=O) groups excluding carboxylic acids is 1. The smallest absolute Gasteiger partial charge is 0.270 e. The molecule has 0 spiro atoms. The first-order valence-electron chi connectivity index (χ1n) is 9.16. The molecule has 3 rings (SSSR count). The van der Waals surface area contributed by atoms with E-state index in [-0.39, 0.29) is 11.9 Å². The molecule has 1 aromatic carbocycles. The van der Waals surface area contributed by atoms with E-state index in [0.29, 0.717) is 11.6 Å². The third kappa shape index (κ3) is 4.68. The van der Waals surface area contributed by atoms with Crippen LogP contribution >= 0.6 is 0 Å². The maximum atomic E-state index is 12.7. The Hall–Kier alpha value is -2.24. The minimum atomic E-state index is -0.0709. The second kappa shape index (κ2) is 8.43. The molecule has 2 atom stereocenters. The Kier molecular flexibility index (Phi) is 6.01. The minimum absolute atomic E-state index is 0.0709. The van der Waals surface area contributed by atoms with Gasteiger partial charge in [0.1, 0.15) is 5.69 Å². The van der Waals surface area contributed by atoms with E-state index in [1.54, 1.807) is 6.20 Å². The average molecular weight is 352 g/mol. The molecule has 138 valence electrons. The molecule has 1 amide bonds. The van der Waals surface area contributed by atoms with Crippen LogP contribution in [0.15, 0.2) is 48.7 Å². The van der Waals surface area contributed by atoms with Crippen LogP contribution in [0.4, 0.5) is 0 Å². The maximum Gasteiger partial charge on any atom is 0.270 e. The van der Waals surface area contributed by atoms with Gasteiger partial charge in [0.15, 0.2) is 0 Å². The number of pyridine rings is 1. The molecule has 5 heteroatoms. The van der Waals surface area contributed by atoms with Crippen molar-refractivity contribution < 1.29 is 4.79 Å². The van der Waals surface area contributed by atoms with Crippen LogP contribution in [0.3, 0.4) is 0 Å². The van der Waals surface area contributed by atoms with Crippen molar-refractivity contribution in [3.05, 3.63) is 65.5 Å². The molecular formula is C21H28N4O. The van der Waals surface area contributed by atoms with Crippen LogP contribution in [0.2, 0.25) is 0 Å². The summed E-state index contributed by atoms with van der Waals surface area (Å²) in [6.07, 6.45) is 1.68. The topological polar surface area (TPSA) is 48.5 Å². The van der Waals surface area contributed by atoms with Gasteiger partial charge in [-0.25, -0.2) is 0 Å². The number of rotatable bonds is 6. The second-order valence-electron chi connectivity index (χ2n) is 7.45. The molecule has 0 aliphatic carbocycles. The van der Waals surface area contributed by atoms with Crippen molar-refractivity contribution in [2.24, 2.45) is 5.92 Å². The molecule has 1 aliphatic rings. The van der Waals surface area contributed by atoms with E-state index >= 15 is 0 Å². The molecule has 2 heterocycles. The number of nitrogens with one attached hydrogen (secondary N) is 1. The summed E-state index contributed by atoms with van der Waals surface area (Å²) < 4.78 is 0. The maximum absolute atomic E-state index is 12.7. The largest absolute Gasteiger partial charge is 0.346 e. The van der Waals surface area contributed by atoms with Crippen LogP contribution < -0.4 is 5.32 Å². The molecular weight excluding hydrogens is 324 g/mol. The predicted octanol–water partition coefficient (Wildman–Crippen LogP) is 2.18. The standard InChI is InChI=1S/C21H28N4O/c1-16-8-7-11-22-20(16)21(26)23-19-15-25(14-18(19)13-24(2)3)12-17-9-5-4-6-10-17/h4-11,18-19H,12-15H2,1-3H3,(H,23,26)/t18-,19-/m1/s1. The number of likely N-dealkylation sites (tertiary alicyclic amines) is 1. The number of amides is 1. The predicted molar refractivity (Wildman–Crippen MR) is 104 cm³/mol. The zero-order valence-electron chi connectivity index (χ0n) is 15.9. The van der Waals surface area contributed by atoms with Crippen molar-refractivity contribution in [2.75, 3.05) is 33.7 Å². The van der Waals surface area contributed by atoms with Crippen molar-refractivity contribution in [3.8, 4) is 0 Å². The molecule has 0 saturated carbocycles. The van der Waals surface area contributed by atoms with Crippen LogP contribution in [-0.2, 0) is 6.54 Å². The molecule has 0 radical (unpaired) electrons. The summed E-state index contributed by atoms with van der Waals surface area (Å²) in [4.78, 5) is 21.6. The summed E-state index contributed by atoms with van der Waals surface area (Å²) in [5.41, 5.74) is 2.74. The molecule has 0 bridgehead atoms. The van der Waals surface area contributed by atoms with Gasteiger partial charge in [-0.15, -0.1) is 0 Å². The van der Waals surface area contributed by atoms with Gasteiger partial charge >= 0.3 is 0 Å². The van der Waals surface area contributed by atoms with Gasteiger partial charge in [-0.1, -0.05) is 36.4 Å². The van der Waals surface area contributed by atoms with E-state index in [1.807, 2.05) is 25.1 Å². The zero-order chi connectivity index (χ0) is 18.5. The van der Waals surface area contributed by atoms with Crippen molar-refractivity contribution >= 4 is 5.91 Å². The third-order valence-corrected chi connectivity index (χ3v) is 4.91. The summed E-state index contributed by atoms with van der Waals surface area (Å²) in [6, 6.07) is 14.4. The molecule has 26 heavy (non-hydrogen) atoms. The highest BCUT2D eigenvalue weighted by molar-refractivity contribution is 5.93. The number of aromatic nitrogens is 1. The molecule has 0 unspecified atom stereocenters. The SMILES string of the molecule is Cc1cccnc1C(=O)N[C@@H]1CN(Cc2ccccc2)C[C@H]1CN(C)C. The van der Waals surface area contributed by atoms with Crippen LogP contribution in [0.5, 0.6) is 0 Å². The summed E-state index contributed by atoms with van der Waals surface area (Å²) in [5, 5.41) is 3.24. The summed E-state index contributed by atoms with van der Waals surface area (Å²) in [7, 11) is 4.17. The Morgan fingerprint density at radius 3 is 2.65 bits per heavy atom. The monoisotopic (exact) mass is 352 g/mol. The van der Waals surface area contributed by atoms with Crippen LogP contribution in [0.1, 0.15) is 21.6 Å². The first-order chi connectivity index (χ1) is 12.5. The van der Waals surface area contributed by atoms with Gasteiger partial charge in [-0.3, -0.25) is 14.7 Å². The fourth-order valence-electron chi connectivity index (χ4n) is 3.71. The number of aryl methyl sites for hydroxylation is 1. The van der Waals surface area contributed by atoms with Crippen molar-refractivity contribution in [3.63, 3.8) is 0 Å². The minimum Gasteiger partial charge on any atom is -0.346 e. The van der Waals surface area contributed by atoms with Crippen LogP contribution in [0.25, 0.3) is 0 Å². The number of nitrogens with zero attached hydrogens (tertiary/aromatic N) is 3. The van der Waals surface area contributed by atoms with E-state index in [0.717, 1.165) is 31.7 Å². The zero-order valence-corrected chi connectivity index (χ0v) is 15.9. The number of carbonyl (C=O) groups is 1. The highest BCUT2D eigenvalue weighted by Gasteiger charge is 2.34. The third-order valence-electron chi connectivity index (χ3n) is 4.91. The molecule has 2 aromatic rings. The van der Waals surface area contributed by atoms with E-state index < -0.39 is 0 Å². The molecule has 1 aliphatic heterocycles. The lowest BCUT2D eigenvalue weighted by Crippen LogP contribution is -2.43. The van der Waals surface area contributed by atoms with Gasteiger partial charge in [-0.2, -0.15) is 0 Å². The molecule has 1 aromatic heterocycles. The normalized spacial score (nSPS) is 20.5. The summed E-state index contributed by atoms with van der Waals surface area (Å²) in [5.74, 6) is 0.333. The number of benzene rings is 1. The lowest BCUT2D eigenvalue weighted by atomic mass is 10.0. The molecule has 1 saturated heterocycles. The Labute approximate surface area is 156 Å². The molecule has 1 fully saturated rings. The quantitative estimate of drug-likeness (QED) is 0.866. The van der Waals surface area contributed by atoms with Gasteiger partial charge in [-0.05, 0) is 38.2 Å². The lowest BCUT2D eigenvalue weighted by molar-refractivity contribution is 0.0921. The van der Waals surface area contributed by atoms with Crippen molar-refractivity contribution in [1.82, 2.24) is 20.1 Å². The number of hydrogen-bond acceptors (Lipinski definition) is 4. The van der Waals surface area contributed by atoms with Crippen molar-refractivity contribution in [2.45, 2.75) is 19.5 Å².